The molecule has 0 aliphatic carbocycles. The summed E-state index contributed by atoms with van der Waals surface area (Å²) in [6, 6.07) is 0. The lowest BCUT2D eigenvalue weighted by atomic mass is 10.3. The largest absolute Gasteiger partial charge is 0.462 e. The van der Waals surface area contributed by atoms with E-state index in [1.165, 1.54) is 0 Å². The molecule has 0 saturated carbocycles. The highest BCUT2D eigenvalue weighted by molar-refractivity contribution is 7.92. The molecule has 21 heavy (non-hydrogen) atoms. The Labute approximate surface area is 120 Å². The van der Waals surface area contributed by atoms with Gasteiger partial charge in [0.15, 0.2) is 5.03 Å². The summed E-state index contributed by atoms with van der Waals surface area (Å²) in [4.78, 5) is 11.7. The average molecular weight is 314 g/mol. The molecule has 2 aromatic heterocycles. The lowest BCUT2D eigenvalue weighted by Crippen LogP contribution is -2.17. The molecule has 0 aliphatic heterocycles. The lowest BCUT2D eigenvalue weighted by Gasteiger charge is -2.05. The maximum absolute atomic E-state index is 12.3. The molecule has 0 aromatic carbocycles. The zero-order valence-electron chi connectivity index (χ0n) is 11.6. The molecule has 0 amide bonds. The normalized spacial score (nSPS) is 11.4. The summed E-state index contributed by atoms with van der Waals surface area (Å²) in [6.07, 6.45) is 1.09. The van der Waals surface area contributed by atoms with Gasteiger partial charge in [0.05, 0.1) is 18.5 Å². The molecule has 2 rings (SSSR count). The fraction of sp³-hybridized carbons (Fsp3) is 0.364. The van der Waals surface area contributed by atoms with Crippen LogP contribution in [0.3, 0.4) is 0 Å². The van der Waals surface area contributed by atoms with Gasteiger partial charge in [-0.3, -0.25) is 5.10 Å². The first-order valence-electron chi connectivity index (χ1n) is 6.03. The second-order valence-electron chi connectivity index (χ2n) is 4.16. The van der Waals surface area contributed by atoms with E-state index in [2.05, 4.69) is 20.1 Å². The number of nitrogens with one attached hydrogen (secondary N) is 2. The molecule has 0 fully saturated rings. The molecule has 0 aliphatic rings. The molecule has 0 atom stereocenters. The molecule has 0 spiro atoms. The summed E-state index contributed by atoms with van der Waals surface area (Å²) in [7, 11) is -4.08. The third-order valence-corrected chi connectivity index (χ3v) is 4.06. The van der Waals surface area contributed by atoms with Crippen molar-refractivity contribution < 1.29 is 22.5 Å². The van der Waals surface area contributed by atoms with Gasteiger partial charge in [-0.05, 0) is 20.8 Å². The van der Waals surface area contributed by atoms with Crippen molar-refractivity contribution in [2.45, 2.75) is 25.8 Å². The Bertz CT molecular complexity index is 761. The Kier molecular flexibility index (Phi) is 3.98. The van der Waals surface area contributed by atoms with Crippen LogP contribution in [0.4, 0.5) is 5.88 Å². The van der Waals surface area contributed by atoms with Crippen molar-refractivity contribution >= 4 is 21.9 Å². The van der Waals surface area contributed by atoms with E-state index in [-0.39, 0.29) is 18.1 Å². The number of aromatic nitrogens is 3. The molecule has 114 valence electrons. The van der Waals surface area contributed by atoms with Crippen molar-refractivity contribution in [3.05, 3.63) is 23.0 Å². The molecule has 2 N–H and O–H groups in total. The van der Waals surface area contributed by atoms with Gasteiger partial charge in [0.25, 0.3) is 10.0 Å². The van der Waals surface area contributed by atoms with E-state index in [9.17, 15) is 13.2 Å². The van der Waals surface area contributed by atoms with E-state index in [1.54, 1.807) is 20.8 Å². The molecule has 10 heteroatoms. The zero-order valence-corrected chi connectivity index (χ0v) is 12.4. The number of aryl methyl sites for hydroxylation is 1. The van der Waals surface area contributed by atoms with Crippen molar-refractivity contribution in [2.24, 2.45) is 0 Å². The summed E-state index contributed by atoms with van der Waals surface area (Å²) in [5.74, 6) is -0.797. The van der Waals surface area contributed by atoms with Gasteiger partial charge in [-0.2, -0.15) is 13.5 Å². The minimum Gasteiger partial charge on any atom is -0.462 e. The Morgan fingerprint density at radius 3 is 2.76 bits per heavy atom. The predicted molar refractivity (Wildman–Crippen MR) is 71.3 cm³/mol. The Morgan fingerprint density at radius 1 is 1.48 bits per heavy atom. The minimum absolute atomic E-state index is 0.0168. The highest BCUT2D eigenvalue weighted by Gasteiger charge is 2.27. The fourth-order valence-corrected chi connectivity index (χ4v) is 2.65. The standard InChI is InChI=1S/C11H14N4O5S/c1-4-19-11(16)8-5-12-13-10(8)21(17,18)15-9-6(2)7(3)14-20-9/h5,15H,4H2,1-3H3,(H,12,13). The van der Waals surface area contributed by atoms with E-state index in [0.717, 1.165) is 6.20 Å². The molecule has 9 nitrogen and oxygen atoms in total. The van der Waals surface area contributed by atoms with Gasteiger partial charge in [0, 0.05) is 5.56 Å². The van der Waals surface area contributed by atoms with Crippen molar-refractivity contribution in [1.82, 2.24) is 15.4 Å². The third-order valence-electron chi connectivity index (χ3n) is 2.75. The lowest BCUT2D eigenvalue weighted by molar-refractivity contribution is 0.0522. The minimum atomic E-state index is -4.08. The molecule has 2 heterocycles. The van der Waals surface area contributed by atoms with Crippen LogP contribution in [0.1, 0.15) is 28.5 Å². The molecular weight excluding hydrogens is 300 g/mol. The number of carbonyl (C=O) groups excluding carboxylic acids is 1. The van der Waals surface area contributed by atoms with Crippen molar-refractivity contribution in [1.29, 1.82) is 0 Å². The summed E-state index contributed by atoms with van der Waals surface area (Å²) in [5.41, 5.74) is 0.928. The number of anilines is 1. The Balaban J connectivity index is 2.35. The second kappa shape index (κ2) is 5.56. The van der Waals surface area contributed by atoms with Crippen molar-refractivity contribution in [2.75, 3.05) is 11.3 Å². The monoisotopic (exact) mass is 314 g/mol. The number of nitrogens with zero attached hydrogens (tertiary/aromatic N) is 2. The maximum Gasteiger partial charge on any atom is 0.342 e. The van der Waals surface area contributed by atoms with Crippen LogP contribution in [0.5, 0.6) is 0 Å². The average Bonchev–Trinajstić information content (AvgIpc) is 3.02. The van der Waals surface area contributed by atoms with Gasteiger partial charge in [-0.15, -0.1) is 0 Å². The van der Waals surface area contributed by atoms with Crippen LogP contribution in [-0.2, 0) is 14.8 Å². The Hall–Kier alpha value is -2.36. The smallest absolute Gasteiger partial charge is 0.342 e. The van der Waals surface area contributed by atoms with Crippen LogP contribution < -0.4 is 4.72 Å². The zero-order chi connectivity index (χ0) is 15.6. The van der Waals surface area contributed by atoms with E-state index in [1.807, 2.05) is 0 Å². The van der Waals surface area contributed by atoms with E-state index < -0.39 is 21.0 Å². The number of sulfonamides is 1. The second-order valence-corrected chi connectivity index (χ2v) is 5.78. The summed E-state index contributed by atoms with van der Waals surface area (Å²) < 4.78 is 36.4. The quantitative estimate of drug-likeness (QED) is 0.788. The van der Waals surface area contributed by atoms with Gasteiger partial charge >= 0.3 is 5.97 Å². The first-order chi connectivity index (χ1) is 9.86. The number of H-pyrrole nitrogens is 1. The number of ether oxygens (including phenoxy) is 1. The maximum atomic E-state index is 12.3. The molecule has 2 aromatic rings. The highest BCUT2D eigenvalue weighted by atomic mass is 32.2. The number of esters is 1. The fourth-order valence-electron chi connectivity index (χ4n) is 1.52. The van der Waals surface area contributed by atoms with Crippen LogP contribution in [-0.4, -0.2) is 36.3 Å². The Morgan fingerprint density at radius 2 is 2.19 bits per heavy atom. The molecular formula is C11H14N4O5S. The van der Waals surface area contributed by atoms with Gasteiger partial charge < -0.3 is 9.26 Å². The van der Waals surface area contributed by atoms with Crippen molar-refractivity contribution in [3.8, 4) is 0 Å². The predicted octanol–water partition coefficient (Wildman–Crippen LogP) is 0.992. The van der Waals surface area contributed by atoms with Crippen molar-refractivity contribution in [3.63, 3.8) is 0 Å². The summed E-state index contributed by atoms with van der Waals surface area (Å²) in [6.45, 7) is 5.07. The number of rotatable bonds is 5. The highest BCUT2D eigenvalue weighted by Crippen LogP contribution is 2.22. The topological polar surface area (TPSA) is 127 Å². The molecule has 0 saturated heterocycles. The van der Waals surface area contributed by atoms with Crippen LogP contribution in [0, 0.1) is 13.8 Å². The summed E-state index contributed by atoms with van der Waals surface area (Å²) in [5, 5.41) is 9.09. The van der Waals surface area contributed by atoms with Crippen LogP contribution in [0.25, 0.3) is 0 Å². The van der Waals surface area contributed by atoms with E-state index in [4.69, 9.17) is 9.26 Å². The van der Waals surface area contributed by atoms with Gasteiger partial charge in [0.1, 0.15) is 5.56 Å². The number of hydrogen-bond donors (Lipinski definition) is 2. The van der Waals surface area contributed by atoms with E-state index >= 15 is 0 Å². The van der Waals surface area contributed by atoms with Gasteiger partial charge in [-0.25, -0.2) is 9.52 Å². The number of aromatic amines is 1. The first kappa shape index (κ1) is 15.0. The summed E-state index contributed by atoms with van der Waals surface area (Å²) >= 11 is 0. The SMILES string of the molecule is CCOC(=O)c1cn[nH]c1S(=O)(=O)Nc1onc(C)c1C. The third kappa shape index (κ3) is 2.89. The number of hydrogen-bond acceptors (Lipinski definition) is 7. The molecule has 0 bridgehead atoms. The van der Waals surface area contributed by atoms with Gasteiger partial charge in [0.2, 0.25) is 5.88 Å². The van der Waals surface area contributed by atoms with Crippen LogP contribution in [0.15, 0.2) is 15.7 Å². The van der Waals surface area contributed by atoms with Crippen LogP contribution in [0.2, 0.25) is 0 Å². The molecule has 0 radical (unpaired) electrons. The van der Waals surface area contributed by atoms with Crippen LogP contribution >= 0.6 is 0 Å². The van der Waals surface area contributed by atoms with E-state index in [0.29, 0.717) is 11.3 Å². The van der Waals surface area contributed by atoms with Gasteiger partial charge in [-0.1, -0.05) is 5.16 Å². The number of carbonyl (C=O) groups is 1. The molecule has 0 unspecified atom stereocenters. The first-order valence-corrected chi connectivity index (χ1v) is 7.51.